The SMILES string of the molecule is O=C(Nc1ccccc1)c1cn2cc(-c3cc(CO)ccn3)ccc2n1. The van der Waals surface area contributed by atoms with Crippen LogP contribution in [0.15, 0.2) is 73.2 Å². The van der Waals surface area contributed by atoms with Crippen LogP contribution in [0.5, 0.6) is 0 Å². The Bertz CT molecular complexity index is 1070. The molecule has 0 spiro atoms. The fourth-order valence-electron chi connectivity index (χ4n) is 2.70. The van der Waals surface area contributed by atoms with Crippen LogP contribution in [0.3, 0.4) is 0 Å². The maximum absolute atomic E-state index is 12.4. The average molecular weight is 344 g/mol. The van der Waals surface area contributed by atoms with E-state index in [1.54, 1.807) is 22.9 Å². The summed E-state index contributed by atoms with van der Waals surface area (Å²) < 4.78 is 1.79. The Morgan fingerprint density at radius 3 is 2.73 bits per heavy atom. The number of aliphatic hydroxyl groups excluding tert-OH is 1. The Hall–Kier alpha value is -3.51. The largest absolute Gasteiger partial charge is 0.392 e. The molecule has 128 valence electrons. The number of anilines is 1. The fraction of sp³-hybridized carbons (Fsp3) is 0.0500. The number of benzene rings is 1. The van der Waals surface area contributed by atoms with Crippen molar-refractivity contribution in [2.24, 2.45) is 0 Å². The van der Waals surface area contributed by atoms with E-state index in [0.29, 0.717) is 11.3 Å². The van der Waals surface area contributed by atoms with Gasteiger partial charge in [-0.15, -0.1) is 0 Å². The molecule has 2 N–H and O–H groups in total. The lowest BCUT2D eigenvalue weighted by molar-refractivity contribution is 0.102. The van der Waals surface area contributed by atoms with Crippen molar-refractivity contribution in [3.05, 3.63) is 84.4 Å². The molecule has 0 bridgehead atoms. The normalized spacial score (nSPS) is 10.8. The highest BCUT2D eigenvalue weighted by Crippen LogP contribution is 2.19. The van der Waals surface area contributed by atoms with Gasteiger partial charge in [0, 0.05) is 29.8 Å². The van der Waals surface area contributed by atoms with Crippen molar-refractivity contribution in [2.45, 2.75) is 6.61 Å². The van der Waals surface area contributed by atoms with Crippen molar-refractivity contribution >= 4 is 17.2 Å². The fourth-order valence-corrected chi connectivity index (χ4v) is 2.70. The zero-order chi connectivity index (χ0) is 17.9. The molecule has 4 aromatic rings. The second kappa shape index (κ2) is 6.78. The summed E-state index contributed by atoms with van der Waals surface area (Å²) >= 11 is 0. The number of rotatable bonds is 4. The molecule has 1 aromatic carbocycles. The first-order valence-electron chi connectivity index (χ1n) is 8.14. The predicted molar refractivity (Wildman–Crippen MR) is 98.7 cm³/mol. The van der Waals surface area contributed by atoms with E-state index in [1.807, 2.05) is 54.7 Å². The first-order valence-corrected chi connectivity index (χ1v) is 8.14. The van der Waals surface area contributed by atoms with Crippen molar-refractivity contribution < 1.29 is 9.90 Å². The number of fused-ring (bicyclic) bond motifs is 1. The van der Waals surface area contributed by atoms with Gasteiger partial charge in [0.15, 0.2) is 0 Å². The standard InChI is InChI=1S/C20H16N4O2/c25-13-14-8-9-21-17(10-14)15-6-7-19-23-18(12-24(19)11-15)20(26)22-16-4-2-1-3-5-16/h1-12,25H,13H2,(H,22,26). The highest BCUT2D eigenvalue weighted by atomic mass is 16.3. The van der Waals surface area contributed by atoms with Gasteiger partial charge in [-0.2, -0.15) is 0 Å². The molecule has 26 heavy (non-hydrogen) atoms. The van der Waals surface area contributed by atoms with Crippen molar-refractivity contribution in [1.82, 2.24) is 14.4 Å². The molecule has 0 atom stereocenters. The lowest BCUT2D eigenvalue weighted by Crippen LogP contribution is -2.11. The molecule has 0 fully saturated rings. The Kier molecular flexibility index (Phi) is 4.17. The Morgan fingerprint density at radius 1 is 1.08 bits per heavy atom. The van der Waals surface area contributed by atoms with Gasteiger partial charge in [0.1, 0.15) is 11.3 Å². The van der Waals surface area contributed by atoms with Crippen molar-refractivity contribution in [3.63, 3.8) is 0 Å². The van der Waals surface area contributed by atoms with Crippen LogP contribution in [0.2, 0.25) is 0 Å². The number of para-hydroxylation sites is 1. The first-order chi connectivity index (χ1) is 12.7. The van der Waals surface area contributed by atoms with E-state index in [0.717, 1.165) is 22.5 Å². The van der Waals surface area contributed by atoms with Crippen LogP contribution in [0.4, 0.5) is 5.69 Å². The third-order valence-electron chi connectivity index (χ3n) is 4.02. The summed E-state index contributed by atoms with van der Waals surface area (Å²) in [6.07, 6.45) is 5.22. The molecule has 0 unspecified atom stereocenters. The number of amides is 1. The van der Waals surface area contributed by atoms with Gasteiger partial charge in [-0.05, 0) is 42.0 Å². The summed E-state index contributed by atoms with van der Waals surface area (Å²) in [6, 6.07) is 16.6. The van der Waals surface area contributed by atoms with Crippen molar-refractivity contribution in [1.29, 1.82) is 0 Å². The number of aliphatic hydroxyl groups is 1. The van der Waals surface area contributed by atoms with Crippen LogP contribution >= 0.6 is 0 Å². The zero-order valence-electron chi connectivity index (χ0n) is 13.8. The zero-order valence-corrected chi connectivity index (χ0v) is 13.8. The molecule has 4 rings (SSSR count). The number of aromatic nitrogens is 3. The van der Waals surface area contributed by atoms with Gasteiger partial charge in [-0.3, -0.25) is 9.78 Å². The van der Waals surface area contributed by atoms with Crippen LogP contribution in [-0.2, 0) is 6.61 Å². The molecule has 0 radical (unpaired) electrons. The van der Waals surface area contributed by atoms with Crippen LogP contribution < -0.4 is 5.32 Å². The number of nitrogens with one attached hydrogen (secondary N) is 1. The Balaban J connectivity index is 1.64. The summed E-state index contributed by atoms with van der Waals surface area (Å²) in [5, 5.41) is 12.1. The van der Waals surface area contributed by atoms with Gasteiger partial charge in [-0.25, -0.2) is 4.98 Å². The van der Waals surface area contributed by atoms with Gasteiger partial charge >= 0.3 is 0 Å². The van der Waals surface area contributed by atoms with Gasteiger partial charge in [0.2, 0.25) is 0 Å². The van der Waals surface area contributed by atoms with Gasteiger partial charge in [0.05, 0.1) is 12.3 Å². The number of imidazole rings is 1. The van der Waals surface area contributed by atoms with Crippen molar-refractivity contribution in [2.75, 3.05) is 5.32 Å². The molecule has 0 saturated heterocycles. The molecular weight excluding hydrogens is 328 g/mol. The molecule has 0 aliphatic carbocycles. The molecule has 3 aromatic heterocycles. The number of hydrogen-bond donors (Lipinski definition) is 2. The molecule has 6 heteroatoms. The van der Waals surface area contributed by atoms with Crippen molar-refractivity contribution in [3.8, 4) is 11.3 Å². The minimum atomic E-state index is -0.262. The first kappa shape index (κ1) is 16.0. The maximum Gasteiger partial charge on any atom is 0.275 e. The minimum absolute atomic E-state index is 0.0351. The van der Waals surface area contributed by atoms with Crippen LogP contribution in [-0.4, -0.2) is 25.4 Å². The molecule has 0 aliphatic heterocycles. The second-order valence-corrected chi connectivity index (χ2v) is 5.84. The minimum Gasteiger partial charge on any atom is -0.392 e. The number of carbonyl (C=O) groups is 1. The molecule has 6 nitrogen and oxygen atoms in total. The van der Waals surface area contributed by atoms with E-state index in [4.69, 9.17) is 0 Å². The quantitative estimate of drug-likeness (QED) is 0.596. The van der Waals surface area contributed by atoms with Crippen LogP contribution in [0.1, 0.15) is 16.1 Å². The summed E-state index contributed by atoms with van der Waals surface area (Å²) in [7, 11) is 0. The summed E-state index contributed by atoms with van der Waals surface area (Å²) in [5.41, 5.74) is 4.15. The molecule has 0 aliphatic rings. The van der Waals surface area contributed by atoms with E-state index < -0.39 is 0 Å². The van der Waals surface area contributed by atoms with Crippen LogP contribution in [0, 0.1) is 0 Å². The summed E-state index contributed by atoms with van der Waals surface area (Å²) in [6.45, 7) is -0.0351. The summed E-state index contributed by atoms with van der Waals surface area (Å²) in [4.78, 5) is 21.1. The van der Waals surface area contributed by atoms with Gasteiger partial charge < -0.3 is 14.8 Å². The lowest BCUT2D eigenvalue weighted by Gasteiger charge is -2.03. The van der Waals surface area contributed by atoms with Crippen LogP contribution in [0.25, 0.3) is 16.9 Å². The molecule has 0 saturated carbocycles. The highest BCUT2D eigenvalue weighted by Gasteiger charge is 2.12. The van der Waals surface area contributed by atoms with E-state index in [2.05, 4.69) is 15.3 Å². The average Bonchev–Trinajstić information content (AvgIpc) is 3.12. The monoisotopic (exact) mass is 344 g/mol. The number of hydrogen-bond acceptors (Lipinski definition) is 4. The second-order valence-electron chi connectivity index (χ2n) is 5.84. The Morgan fingerprint density at radius 2 is 1.92 bits per heavy atom. The molecular formula is C20H16N4O2. The lowest BCUT2D eigenvalue weighted by atomic mass is 10.1. The third kappa shape index (κ3) is 3.18. The predicted octanol–water partition coefficient (Wildman–Crippen LogP) is 3.14. The Labute approximate surface area is 149 Å². The summed E-state index contributed by atoms with van der Waals surface area (Å²) in [5.74, 6) is -0.262. The van der Waals surface area contributed by atoms with E-state index in [9.17, 15) is 9.90 Å². The highest BCUT2D eigenvalue weighted by molar-refractivity contribution is 6.03. The molecule has 3 heterocycles. The molecule has 1 amide bonds. The topological polar surface area (TPSA) is 79.5 Å². The third-order valence-corrected chi connectivity index (χ3v) is 4.02. The smallest absolute Gasteiger partial charge is 0.275 e. The van der Waals surface area contributed by atoms with Gasteiger partial charge in [0.25, 0.3) is 5.91 Å². The number of pyridine rings is 2. The number of carbonyl (C=O) groups excluding carboxylic acids is 1. The van der Waals surface area contributed by atoms with E-state index in [1.165, 1.54) is 0 Å². The van der Waals surface area contributed by atoms with E-state index >= 15 is 0 Å². The maximum atomic E-state index is 12.4. The van der Waals surface area contributed by atoms with E-state index in [-0.39, 0.29) is 12.5 Å². The number of nitrogens with zero attached hydrogens (tertiary/aromatic N) is 3. The van der Waals surface area contributed by atoms with Gasteiger partial charge in [-0.1, -0.05) is 18.2 Å².